The predicted octanol–water partition coefficient (Wildman–Crippen LogP) is 2.98. The van der Waals surface area contributed by atoms with Crippen LogP contribution in [0.15, 0.2) is 41.0 Å². The van der Waals surface area contributed by atoms with Crippen LogP contribution >= 0.6 is 0 Å². The lowest BCUT2D eigenvalue weighted by Crippen LogP contribution is -2.48. The van der Waals surface area contributed by atoms with Crippen molar-refractivity contribution in [2.45, 2.75) is 32.7 Å². The van der Waals surface area contributed by atoms with Gasteiger partial charge in [-0.05, 0) is 38.1 Å². The highest BCUT2D eigenvalue weighted by molar-refractivity contribution is 5.93. The Morgan fingerprint density at radius 2 is 2.08 bits per heavy atom. The minimum atomic E-state index is -0.156. The molecular formula is C19H20N2O4. The maximum Gasteiger partial charge on any atom is 0.290 e. The summed E-state index contributed by atoms with van der Waals surface area (Å²) in [5, 5.41) is 8.94. The fourth-order valence-electron chi connectivity index (χ4n) is 2.94. The number of hydrogen-bond donors (Lipinski definition) is 0. The van der Waals surface area contributed by atoms with Crippen LogP contribution in [0.3, 0.4) is 0 Å². The van der Waals surface area contributed by atoms with Gasteiger partial charge in [-0.25, -0.2) is 0 Å². The van der Waals surface area contributed by atoms with Gasteiger partial charge in [0.05, 0.1) is 30.1 Å². The molecule has 6 nitrogen and oxygen atoms in total. The minimum absolute atomic E-state index is 0.00363. The summed E-state index contributed by atoms with van der Waals surface area (Å²) in [7, 11) is 0. The molecule has 130 valence electrons. The molecule has 1 aromatic heterocycles. The summed E-state index contributed by atoms with van der Waals surface area (Å²) in [5.41, 5.74) is 1.21. The van der Waals surface area contributed by atoms with E-state index in [-0.39, 0.29) is 30.5 Å². The Labute approximate surface area is 146 Å². The fourth-order valence-corrected chi connectivity index (χ4v) is 2.94. The van der Waals surface area contributed by atoms with Gasteiger partial charge in [-0.3, -0.25) is 4.79 Å². The van der Waals surface area contributed by atoms with Gasteiger partial charge in [-0.2, -0.15) is 5.26 Å². The van der Waals surface area contributed by atoms with Crippen LogP contribution in [0, 0.1) is 11.3 Å². The van der Waals surface area contributed by atoms with Gasteiger partial charge in [-0.15, -0.1) is 0 Å². The number of morpholine rings is 1. The highest BCUT2D eigenvalue weighted by Gasteiger charge is 2.29. The van der Waals surface area contributed by atoms with Crippen LogP contribution in [0.5, 0.6) is 5.75 Å². The molecule has 6 heteroatoms. The minimum Gasteiger partial charge on any atom is -0.489 e. The highest BCUT2D eigenvalue weighted by atomic mass is 16.5. The lowest BCUT2D eigenvalue weighted by molar-refractivity contribution is -0.0592. The molecule has 2 atom stereocenters. The first-order valence-electron chi connectivity index (χ1n) is 8.21. The van der Waals surface area contributed by atoms with Crippen molar-refractivity contribution in [3.63, 3.8) is 0 Å². The van der Waals surface area contributed by atoms with Crippen molar-refractivity contribution < 1.29 is 18.7 Å². The van der Waals surface area contributed by atoms with E-state index in [9.17, 15) is 4.79 Å². The summed E-state index contributed by atoms with van der Waals surface area (Å²) in [6, 6.07) is 10.7. The summed E-state index contributed by atoms with van der Waals surface area (Å²) in [4.78, 5) is 14.5. The molecule has 1 amide bonds. The van der Waals surface area contributed by atoms with Gasteiger partial charge in [0.15, 0.2) is 5.76 Å². The molecule has 1 aromatic carbocycles. The quantitative estimate of drug-likeness (QED) is 0.855. The molecule has 2 heterocycles. The number of furan rings is 1. The summed E-state index contributed by atoms with van der Waals surface area (Å²) in [6.07, 6.45) is 1.48. The average molecular weight is 340 g/mol. The average Bonchev–Trinajstić information content (AvgIpc) is 3.07. The van der Waals surface area contributed by atoms with Crippen LogP contribution in [0.1, 0.15) is 35.5 Å². The second-order valence-corrected chi connectivity index (χ2v) is 6.17. The Kier molecular flexibility index (Phi) is 5.05. The van der Waals surface area contributed by atoms with Crippen molar-refractivity contribution in [2.24, 2.45) is 0 Å². The molecule has 0 N–H and O–H groups in total. The summed E-state index contributed by atoms with van der Waals surface area (Å²) in [5.74, 6) is 0.710. The molecule has 0 aliphatic carbocycles. The van der Waals surface area contributed by atoms with E-state index in [1.54, 1.807) is 35.2 Å². The SMILES string of the molecule is C[C@H]1CN(C(=O)c2occc2COc2cccc(C#N)c2)C[C@H](C)O1. The number of nitrogens with zero attached hydrogens (tertiary/aromatic N) is 2. The molecule has 1 saturated heterocycles. The van der Waals surface area contributed by atoms with E-state index in [0.717, 1.165) is 0 Å². The van der Waals surface area contributed by atoms with E-state index in [1.165, 1.54) is 6.26 Å². The van der Waals surface area contributed by atoms with Crippen molar-refractivity contribution in [1.82, 2.24) is 4.90 Å². The number of carbonyl (C=O) groups excluding carboxylic acids is 1. The highest BCUT2D eigenvalue weighted by Crippen LogP contribution is 2.20. The van der Waals surface area contributed by atoms with Gasteiger partial charge in [-0.1, -0.05) is 6.07 Å². The Balaban J connectivity index is 1.70. The largest absolute Gasteiger partial charge is 0.489 e. The van der Waals surface area contributed by atoms with Crippen LogP contribution in [0.4, 0.5) is 0 Å². The second kappa shape index (κ2) is 7.41. The number of amides is 1. The maximum absolute atomic E-state index is 12.8. The number of rotatable bonds is 4. The molecule has 25 heavy (non-hydrogen) atoms. The van der Waals surface area contributed by atoms with Gasteiger partial charge >= 0.3 is 0 Å². The lowest BCUT2D eigenvalue weighted by atomic mass is 10.2. The van der Waals surface area contributed by atoms with Crippen LogP contribution < -0.4 is 4.74 Å². The van der Waals surface area contributed by atoms with Gasteiger partial charge in [0.1, 0.15) is 12.4 Å². The van der Waals surface area contributed by atoms with Gasteiger partial charge < -0.3 is 18.8 Å². The molecule has 1 fully saturated rings. The third-order valence-electron chi connectivity index (χ3n) is 4.01. The Hall–Kier alpha value is -2.78. The molecule has 1 aliphatic rings. The van der Waals surface area contributed by atoms with E-state index in [2.05, 4.69) is 6.07 Å². The normalized spacial score (nSPS) is 20.1. The van der Waals surface area contributed by atoms with E-state index in [1.807, 2.05) is 13.8 Å². The Morgan fingerprint density at radius 1 is 1.32 bits per heavy atom. The van der Waals surface area contributed by atoms with Crippen LogP contribution in [0.25, 0.3) is 0 Å². The smallest absolute Gasteiger partial charge is 0.290 e. The van der Waals surface area contributed by atoms with E-state index < -0.39 is 0 Å². The molecular weight excluding hydrogens is 320 g/mol. The number of ether oxygens (including phenoxy) is 2. The summed E-state index contributed by atoms with van der Waals surface area (Å²) < 4.78 is 16.8. The van der Waals surface area contributed by atoms with E-state index in [0.29, 0.717) is 30.0 Å². The zero-order valence-electron chi connectivity index (χ0n) is 14.3. The number of hydrogen-bond acceptors (Lipinski definition) is 5. The van der Waals surface area contributed by atoms with Gasteiger partial charge in [0, 0.05) is 18.7 Å². The number of benzene rings is 1. The zero-order valence-corrected chi connectivity index (χ0v) is 14.3. The number of carbonyl (C=O) groups is 1. The second-order valence-electron chi connectivity index (χ2n) is 6.17. The van der Waals surface area contributed by atoms with Crippen LogP contribution in [0.2, 0.25) is 0 Å². The molecule has 0 radical (unpaired) electrons. The van der Waals surface area contributed by atoms with Crippen molar-refractivity contribution in [3.05, 3.63) is 53.5 Å². The Bertz CT molecular complexity index is 783. The Morgan fingerprint density at radius 3 is 2.80 bits per heavy atom. The first-order valence-corrected chi connectivity index (χ1v) is 8.21. The predicted molar refractivity (Wildman–Crippen MR) is 90.1 cm³/mol. The van der Waals surface area contributed by atoms with Crippen molar-refractivity contribution in [1.29, 1.82) is 5.26 Å². The van der Waals surface area contributed by atoms with E-state index >= 15 is 0 Å². The van der Waals surface area contributed by atoms with E-state index in [4.69, 9.17) is 19.2 Å². The molecule has 3 rings (SSSR count). The summed E-state index contributed by atoms with van der Waals surface area (Å²) >= 11 is 0. The molecule has 0 unspecified atom stereocenters. The van der Waals surface area contributed by atoms with Gasteiger partial charge in [0.25, 0.3) is 5.91 Å². The van der Waals surface area contributed by atoms with Crippen LogP contribution in [-0.2, 0) is 11.3 Å². The molecule has 0 spiro atoms. The number of nitriles is 1. The van der Waals surface area contributed by atoms with Crippen molar-refractivity contribution in [3.8, 4) is 11.8 Å². The third kappa shape index (κ3) is 4.01. The fraction of sp³-hybridized carbons (Fsp3) is 0.368. The summed E-state index contributed by atoms with van der Waals surface area (Å²) in [6.45, 7) is 5.17. The first-order chi connectivity index (χ1) is 12.1. The molecule has 2 aromatic rings. The van der Waals surface area contributed by atoms with Crippen molar-refractivity contribution in [2.75, 3.05) is 13.1 Å². The molecule has 0 saturated carbocycles. The monoisotopic (exact) mass is 340 g/mol. The van der Waals surface area contributed by atoms with Crippen LogP contribution in [-0.4, -0.2) is 36.1 Å². The lowest BCUT2D eigenvalue weighted by Gasteiger charge is -2.34. The molecule has 0 bridgehead atoms. The topological polar surface area (TPSA) is 75.7 Å². The zero-order chi connectivity index (χ0) is 17.8. The maximum atomic E-state index is 12.8. The third-order valence-corrected chi connectivity index (χ3v) is 4.01. The molecule has 1 aliphatic heterocycles. The standard InChI is InChI=1S/C19H20N2O4/c1-13-10-21(11-14(2)25-13)19(22)18-16(6-7-23-18)12-24-17-5-3-4-15(8-17)9-20/h3-8,13-14H,10-12H2,1-2H3/t13-,14-/m0/s1. The van der Waals surface area contributed by atoms with Gasteiger partial charge in [0.2, 0.25) is 0 Å². The first kappa shape index (κ1) is 17.1. The van der Waals surface area contributed by atoms with Crippen molar-refractivity contribution >= 4 is 5.91 Å².